The second-order valence-electron chi connectivity index (χ2n) is 21.6. The fraction of sp³-hybridized carbons (Fsp3) is 0.966. The highest BCUT2D eigenvalue weighted by atomic mass is 31.2. The number of hydrogen-bond donors (Lipinski definition) is 6. The Kier molecular flexibility index (Phi) is 46.1. The summed E-state index contributed by atoms with van der Waals surface area (Å²) in [5.74, 6) is -1.07. The number of aliphatic hydroxyl groups is 5. The first-order chi connectivity index (χ1) is 34.9. The molecule has 6 unspecified atom stereocenters. The molecule has 0 aliphatic heterocycles. The second-order valence-corrected chi connectivity index (χ2v) is 23.0. The highest BCUT2D eigenvalue weighted by molar-refractivity contribution is 7.47. The smallest absolute Gasteiger partial charge is 0.462 e. The van der Waals surface area contributed by atoms with Crippen molar-refractivity contribution in [1.82, 2.24) is 0 Å². The Labute approximate surface area is 440 Å². The van der Waals surface area contributed by atoms with Crippen molar-refractivity contribution in [3.8, 4) is 0 Å². The zero-order valence-corrected chi connectivity index (χ0v) is 47.2. The van der Waals surface area contributed by atoms with Crippen LogP contribution in [0.15, 0.2) is 0 Å². The summed E-state index contributed by atoms with van der Waals surface area (Å²) in [6.45, 7) is 3.39. The lowest BCUT2D eigenvalue weighted by molar-refractivity contribution is -0.220. The molecule has 6 atom stereocenters. The van der Waals surface area contributed by atoms with Crippen molar-refractivity contribution in [2.75, 3.05) is 13.2 Å². The molecule has 1 aliphatic rings. The number of carbonyl (C=O) groups excluding carboxylic acids is 2. The van der Waals surface area contributed by atoms with Crippen LogP contribution in [0.2, 0.25) is 0 Å². The number of phosphoric acid groups is 1. The van der Waals surface area contributed by atoms with Gasteiger partial charge in [0.2, 0.25) is 0 Å². The Morgan fingerprint density at radius 3 is 0.917 bits per heavy atom. The molecule has 0 aromatic heterocycles. The molecule has 0 spiro atoms. The number of carbonyl (C=O) groups is 2. The normalized spacial score (nSPS) is 20.4. The van der Waals surface area contributed by atoms with Gasteiger partial charge in [-0.1, -0.05) is 277 Å². The minimum absolute atomic E-state index is 0.106. The van der Waals surface area contributed by atoms with Crippen LogP contribution >= 0.6 is 7.82 Å². The zero-order valence-electron chi connectivity index (χ0n) is 46.3. The topological polar surface area (TPSA) is 210 Å². The third-order valence-electron chi connectivity index (χ3n) is 14.7. The molecule has 14 heteroatoms. The van der Waals surface area contributed by atoms with Crippen LogP contribution in [-0.2, 0) is 32.7 Å². The minimum Gasteiger partial charge on any atom is -0.462 e. The van der Waals surface area contributed by atoms with Gasteiger partial charge in [0.15, 0.2) is 6.10 Å². The highest BCUT2D eigenvalue weighted by Crippen LogP contribution is 2.47. The molecule has 0 aromatic carbocycles. The fourth-order valence-electron chi connectivity index (χ4n) is 9.88. The van der Waals surface area contributed by atoms with Gasteiger partial charge in [0.05, 0.1) is 6.61 Å². The van der Waals surface area contributed by atoms with Gasteiger partial charge in [0.1, 0.15) is 43.2 Å². The Balaban J connectivity index is 2.29. The fourth-order valence-corrected chi connectivity index (χ4v) is 10.9. The van der Waals surface area contributed by atoms with Crippen LogP contribution in [0.25, 0.3) is 0 Å². The number of aliphatic hydroxyl groups excluding tert-OH is 5. The van der Waals surface area contributed by atoms with E-state index < -0.39 is 75.7 Å². The summed E-state index contributed by atoms with van der Waals surface area (Å²) in [5.41, 5.74) is 0. The van der Waals surface area contributed by atoms with E-state index in [0.717, 1.165) is 38.5 Å². The van der Waals surface area contributed by atoms with Gasteiger partial charge in [-0.25, -0.2) is 4.57 Å². The van der Waals surface area contributed by atoms with Crippen LogP contribution < -0.4 is 0 Å². The monoisotopic (exact) mass is 1050 g/mol. The third-order valence-corrected chi connectivity index (χ3v) is 15.7. The van der Waals surface area contributed by atoms with Crippen molar-refractivity contribution >= 4 is 19.8 Å². The van der Waals surface area contributed by atoms with Gasteiger partial charge < -0.3 is 39.9 Å². The molecular weight excluding hydrogens is 936 g/mol. The Morgan fingerprint density at radius 2 is 0.625 bits per heavy atom. The van der Waals surface area contributed by atoms with Gasteiger partial charge in [0, 0.05) is 12.8 Å². The highest BCUT2D eigenvalue weighted by Gasteiger charge is 2.51. The molecule has 0 heterocycles. The summed E-state index contributed by atoms with van der Waals surface area (Å²) < 4.78 is 33.8. The molecule has 13 nitrogen and oxygen atoms in total. The van der Waals surface area contributed by atoms with Crippen LogP contribution in [0.5, 0.6) is 0 Å². The van der Waals surface area contributed by atoms with E-state index in [-0.39, 0.29) is 12.8 Å². The molecule has 0 saturated heterocycles. The average Bonchev–Trinajstić information content (AvgIpc) is 3.36. The predicted octanol–water partition coefficient (Wildman–Crippen LogP) is 14.4. The standard InChI is InChI=1S/C58H113O13P/c1-3-5-7-9-11-13-15-17-19-21-23-25-27-29-31-33-35-37-39-41-43-45-47-52(60)70-50(49-69-72(66,67)71-58-56(64)54(62)53(61)55(63)57(58)65)48-68-51(59)46-44-42-40-38-36-34-32-30-28-26-24-22-20-18-16-14-12-10-8-6-4-2/h50,53-58,61-65H,3-49H2,1-2H3,(H,66,67). The molecule has 0 aromatic rings. The summed E-state index contributed by atoms with van der Waals surface area (Å²) in [6, 6.07) is 0. The maximum atomic E-state index is 12.9. The van der Waals surface area contributed by atoms with Crippen molar-refractivity contribution in [3.05, 3.63) is 0 Å². The first kappa shape index (κ1) is 68.9. The quantitative estimate of drug-likeness (QED) is 0.0191. The number of unbranched alkanes of at least 4 members (excludes halogenated alkanes) is 41. The number of hydrogen-bond acceptors (Lipinski definition) is 12. The molecule has 6 N–H and O–H groups in total. The summed E-state index contributed by atoms with van der Waals surface area (Å²) in [5, 5.41) is 50.4. The summed E-state index contributed by atoms with van der Waals surface area (Å²) in [4.78, 5) is 36.0. The maximum Gasteiger partial charge on any atom is 0.472 e. The van der Waals surface area contributed by atoms with Crippen LogP contribution in [-0.4, -0.2) is 98.3 Å². The molecule has 0 bridgehead atoms. The summed E-state index contributed by atoms with van der Waals surface area (Å²) >= 11 is 0. The Morgan fingerprint density at radius 1 is 0.375 bits per heavy atom. The van der Waals surface area contributed by atoms with E-state index >= 15 is 0 Å². The van der Waals surface area contributed by atoms with E-state index in [1.807, 2.05) is 0 Å². The van der Waals surface area contributed by atoms with Crippen molar-refractivity contribution in [1.29, 1.82) is 0 Å². The first-order valence-corrected chi connectivity index (χ1v) is 31.8. The van der Waals surface area contributed by atoms with Gasteiger partial charge in [-0.05, 0) is 12.8 Å². The molecule has 0 amide bonds. The molecule has 428 valence electrons. The largest absolute Gasteiger partial charge is 0.472 e. The van der Waals surface area contributed by atoms with E-state index in [1.54, 1.807) is 0 Å². The lowest BCUT2D eigenvalue weighted by Crippen LogP contribution is -2.64. The lowest BCUT2D eigenvalue weighted by Gasteiger charge is -2.41. The molecule has 1 aliphatic carbocycles. The van der Waals surface area contributed by atoms with E-state index in [0.29, 0.717) is 12.8 Å². The third kappa shape index (κ3) is 39.3. The van der Waals surface area contributed by atoms with Gasteiger partial charge in [-0.3, -0.25) is 18.6 Å². The maximum absolute atomic E-state index is 12.9. The van der Waals surface area contributed by atoms with Gasteiger partial charge in [-0.15, -0.1) is 0 Å². The first-order valence-electron chi connectivity index (χ1n) is 30.3. The van der Waals surface area contributed by atoms with Crippen LogP contribution in [0, 0.1) is 0 Å². The Bertz CT molecular complexity index is 1260. The SMILES string of the molecule is CCCCCCCCCCCCCCCCCCCCCCCCC(=O)OC(COC(=O)CCCCCCCCCCCCCCCCCCCCCCC)COP(=O)(O)OC1C(O)C(O)C(O)C(O)C1O. The van der Waals surface area contributed by atoms with Gasteiger partial charge >= 0.3 is 19.8 Å². The summed E-state index contributed by atoms with van der Waals surface area (Å²) in [6.07, 6.45) is 41.5. The molecule has 1 fully saturated rings. The van der Waals surface area contributed by atoms with Crippen LogP contribution in [0.4, 0.5) is 0 Å². The predicted molar refractivity (Wildman–Crippen MR) is 291 cm³/mol. The molecular formula is C58H113O13P. The number of phosphoric ester groups is 1. The van der Waals surface area contributed by atoms with Crippen molar-refractivity contribution in [3.63, 3.8) is 0 Å². The number of esters is 2. The van der Waals surface area contributed by atoms with Crippen LogP contribution in [0.3, 0.4) is 0 Å². The van der Waals surface area contributed by atoms with Crippen molar-refractivity contribution < 1.29 is 63.1 Å². The molecule has 1 saturated carbocycles. The van der Waals surface area contributed by atoms with E-state index in [4.69, 9.17) is 18.5 Å². The van der Waals surface area contributed by atoms with E-state index in [9.17, 15) is 44.6 Å². The zero-order chi connectivity index (χ0) is 52.8. The van der Waals surface area contributed by atoms with E-state index in [1.165, 1.54) is 225 Å². The van der Waals surface area contributed by atoms with Crippen LogP contribution in [0.1, 0.15) is 303 Å². The summed E-state index contributed by atoms with van der Waals surface area (Å²) in [7, 11) is -5.12. The second kappa shape index (κ2) is 48.2. The van der Waals surface area contributed by atoms with Crippen molar-refractivity contribution in [2.24, 2.45) is 0 Å². The number of rotatable bonds is 53. The van der Waals surface area contributed by atoms with Crippen molar-refractivity contribution in [2.45, 2.75) is 346 Å². The van der Waals surface area contributed by atoms with E-state index in [2.05, 4.69) is 13.8 Å². The molecule has 72 heavy (non-hydrogen) atoms. The average molecular weight is 1050 g/mol. The molecule has 0 radical (unpaired) electrons. The van der Waals surface area contributed by atoms with Gasteiger partial charge in [-0.2, -0.15) is 0 Å². The minimum atomic E-state index is -5.12. The number of ether oxygens (including phenoxy) is 2. The molecule has 1 rings (SSSR count). The lowest BCUT2D eigenvalue weighted by atomic mass is 9.85. The Hall–Kier alpha value is -1.15. The van der Waals surface area contributed by atoms with Gasteiger partial charge in [0.25, 0.3) is 0 Å².